The second-order valence-corrected chi connectivity index (χ2v) is 6.45. The molecule has 1 aliphatic carbocycles. The van der Waals surface area contributed by atoms with E-state index in [-0.39, 0.29) is 6.04 Å². The van der Waals surface area contributed by atoms with E-state index in [1.54, 1.807) is 6.20 Å². The van der Waals surface area contributed by atoms with E-state index in [0.717, 1.165) is 10.2 Å². The van der Waals surface area contributed by atoms with Gasteiger partial charge in [-0.15, -0.1) is 11.3 Å². The summed E-state index contributed by atoms with van der Waals surface area (Å²) < 4.78 is 2.83. The van der Waals surface area contributed by atoms with Crippen molar-refractivity contribution < 1.29 is 0 Å². The van der Waals surface area contributed by atoms with E-state index in [9.17, 15) is 0 Å². The second kappa shape index (κ2) is 4.23. The molecule has 5 heteroatoms. The summed E-state index contributed by atoms with van der Waals surface area (Å²) in [5, 5.41) is 4.22. The standard InChI is InChI=1S/C12H14BrN3S/c1-16-12(8(13)6-15-16)11(14)10-5-7-3-2-4-9(7)17-10/h5-6,11H,2-4,14H2,1H3. The van der Waals surface area contributed by atoms with Gasteiger partial charge in [-0.3, -0.25) is 4.68 Å². The van der Waals surface area contributed by atoms with Crippen molar-refractivity contribution in [2.45, 2.75) is 25.3 Å². The average Bonchev–Trinajstić information content (AvgIpc) is 2.92. The van der Waals surface area contributed by atoms with Crippen LogP contribution in [0.15, 0.2) is 16.7 Å². The predicted molar refractivity (Wildman–Crippen MR) is 73.3 cm³/mol. The maximum Gasteiger partial charge on any atom is 0.0828 e. The first-order valence-electron chi connectivity index (χ1n) is 5.71. The Bertz CT molecular complexity index is 517. The molecule has 0 saturated carbocycles. The summed E-state index contributed by atoms with van der Waals surface area (Å²) in [4.78, 5) is 2.77. The van der Waals surface area contributed by atoms with Gasteiger partial charge in [-0.2, -0.15) is 5.10 Å². The minimum atomic E-state index is -0.0764. The van der Waals surface area contributed by atoms with Gasteiger partial charge in [0.25, 0.3) is 0 Å². The summed E-state index contributed by atoms with van der Waals surface area (Å²) in [6, 6.07) is 2.20. The number of halogens is 1. The number of nitrogens with two attached hydrogens (primary N) is 1. The fourth-order valence-electron chi connectivity index (χ4n) is 2.41. The molecule has 90 valence electrons. The van der Waals surface area contributed by atoms with Crippen LogP contribution in [0, 0.1) is 0 Å². The smallest absolute Gasteiger partial charge is 0.0828 e. The van der Waals surface area contributed by atoms with Gasteiger partial charge in [-0.25, -0.2) is 0 Å². The molecule has 0 bridgehead atoms. The van der Waals surface area contributed by atoms with Gasteiger partial charge >= 0.3 is 0 Å². The van der Waals surface area contributed by atoms with Gasteiger partial charge in [0.2, 0.25) is 0 Å². The van der Waals surface area contributed by atoms with Crippen LogP contribution >= 0.6 is 27.3 Å². The van der Waals surface area contributed by atoms with Crippen LogP contribution in [0.2, 0.25) is 0 Å². The zero-order valence-corrected chi connectivity index (χ0v) is 12.0. The zero-order valence-electron chi connectivity index (χ0n) is 9.61. The highest BCUT2D eigenvalue weighted by Gasteiger charge is 2.22. The van der Waals surface area contributed by atoms with Crippen molar-refractivity contribution in [3.63, 3.8) is 0 Å². The molecule has 0 amide bonds. The van der Waals surface area contributed by atoms with Crippen molar-refractivity contribution in [1.82, 2.24) is 9.78 Å². The van der Waals surface area contributed by atoms with Crippen molar-refractivity contribution in [3.05, 3.63) is 37.7 Å². The molecule has 3 rings (SSSR count). The molecule has 17 heavy (non-hydrogen) atoms. The summed E-state index contributed by atoms with van der Waals surface area (Å²) in [6.07, 6.45) is 5.53. The summed E-state index contributed by atoms with van der Waals surface area (Å²) in [5.41, 5.74) is 8.89. The Morgan fingerprint density at radius 2 is 2.35 bits per heavy atom. The monoisotopic (exact) mass is 311 g/mol. The van der Waals surface area contributed by atoms with E-state index in [0.29, 0.717) is 0 Å². The number of thiophene rings is 1. The molecular formula is C12H14BrN3S. The molecule has 1 unspecified atom stereocenters. The summed E-state index contributed by atoms with van der Waals surface area (Å²) in [6.45, 7) is 0. The topological polar surface area (TPSA) is 43.8 Å². The van der Waals surface area contributed by atoms with Crippen LogP contribution in [0.3, 0.4) is 0 Å². The van der Waals surface area contributed by atoms with Crippen LogP contribution in [-0.2, 0) is 19.9 Å². The van der Waals surface area contributed by atoms with E-state index in [1.807, 2.05) is 23.1 Å². The SMILES string of the molecule is Cn1ncc(Br)c1C(N)c1cc2c(s1)CCC2. The molecule has 2 aromatic heterocycles. The first-order chi connectivity index (χ1) is 8.16. The van der Waals surface area contributed by atoms with Crippen LogP contribution in [0.5, 0.6) is 0 Å². The third-order valence-electron chi connectivity index (χ3n) is 3.30. The van der Waals surface area contributed by atoms with Gasteiger partial charge in [-0.1, -0.05) is 0 Å². The lowest BCUT2D eigenvalue weighted by molar-refractivity contribution is 0.676. The molecule has 1 aliphatic rings. The van der Waals surface area contributed by atoms with Gasteiger partial charge in [0.1, 0.15) is 0 Å². The Morgan fingerprint density at radius 1 is 1.53 bits per heavy atom. The quantitative estimate of drug-likeness (QED) is 0.927. The number of hydrogen-bond acceptors (Lipinski definition) is 3. The van der Waals surface area contributed by atoms with Crippen LogP contribution in [-0.4, -0.2) is 9.78 Å². The molecule has 0 aliphatic heterocycles. The molecule has 2 heterocycles. The van der Waals surface area contributed by atoms with Crippen LogP contribution in [0.1, 0.15) is 33.5 Å². The Labute approximate surface area is 113 Å². The fourth-order valence-corrected chi connectivity index (χ4v) is 4.27. The summed E-state index contributed by atoms with van der Waals surface area (Å²) in [7, 11) is 1.93. The largest absolute Gasteiger partial charge is 0.318 e. The number of fused-ring (bicyclic) bond motifs is 1. The number of hydrogen-bond donors (Lipinski definition) is 1. The van der Waals surface area contributed by atoms with E-state index >= 15 is 0 Å². The maximum atomic E-state index is 6.34. The highest BCUT2D eigenvalue weighted by Crippen LogP contribution is 2.36. The summed E-state index contributed by atoms with van der Waals surface area (Å²) in [5.74, 6) is 0. The van der Waals surface area contributed by atoms with Gasteiger partial charge in [-0.05, 0) is 46.8 Å². The van der Waals surface area contributed by atoms with Crippen LogP contribution in [0.4, 0.5) is 0 Å². The Kier molecular flexibility index (Phi) is 2.84. The van der Waals surface area contributed by atoms with Gasteiger partial charge < -0.3 is 5.73 Å². The molecular weight excluding hydrogens is 298 g/mol. The molecule has 0 aromatic carbocycles. The van der Waals surface area contributed by atoms with E-state index in [4.69, 9.17) is 5.73 Å². The van der Waals surface area contributed by atoms with E-state index in [1.165, 1.54) is 34.6 Å². The molecule has 3 nitrogen and oxygen atoms in total. The van der Waals surface area contributed by atoms with Crippen molar-refractivity contribution >= 4 is 27.3 Å². The number of aromatic nitrogens is 2. The Balaban J connectivity index is 1.98. The van der Waals surface area contributed by atoms with Crippen molar-refractivity contribution in [1.29, 1.82) is 0 Å². The highest BCUT2D eigenvalue weighted by molar-refractivity contribution is 9.10. The first kappa shape index (κ1) is 11.4. The normalized spacial score (nSPS) is 16.2. The van der Waals surface area contributed by atoms with Gasteiger partial charge in [0.15, 0.2) is 0 Å². The molecule has 2 aromatic rings. The van der Waals surface area contributed by atoms with E-state index < -0.39 is 0 Å². The lowest BCUT2D eigenvalue weighted by Gasteiger charge is -2.11. The molecule has 1 atom stereocenters. The van der Waals surface area contributed by atoms with Crippen LogP contribution in [0.25, 0.3) is 0 Å². The Morgan fingerprint density at radius 3 is 3.00 bits per heavy atom. The van der Waals surface area contributed by atoms with Crippen molar-refractivity contribution in [2.24, 2.45) is 12.8 Å². The predicted octanol–water partition coefficient (Wildman–Crippen LogP) is 2.78. The third kappa shape index (κ3) is 1.86. The highest BCUT2D eigenvalue weighted by atomic mass is 79.9. The van der Waals surface area contributed by atoms with Crippen molar-refractivity contribution in [3.8, 4) is 0 Å². The van der Waals surface area contributed by atoms with Gasteiger partial charge in [0, 0.05) is 16.8 Å². The number of aryl methyl sites for hydroxylation is 3. The number of rotatable bonds is 2. The average molecular weight is 312 g/mol. The minimum absolute atomic E-state index is 0.0764. The summed E-state index contributed by atoms with van der Waals surface area (Å²) >= 11 is 5.37. The molecule has 0 radical (unpaired) electrons. The Hall–Kier alpha value is -0.650. The van der Waals surface area contributed by atoms with E-state index in [2.05, 4.69) is 27.1 Å². The minimum Gasteiger partial charge on any atom is -0.318 e. The molecule has 0 spiro atoms. The van der Waals surface area contributed by atoms with Crippen LogP contribution < -0.4 is 5.73 Å². The second-order valence-electron chi connectivity index (χ2n) is 4.43. The fraction of sp³-hybridized carbons (Fsp3) is 0.417. The lowest BCUT2D eigenvalue weighted by Crippen LogP contribution is -2.15. The molecule has 2 N–H and O–H groups in total. The first-order valence-corrected chi connectivity index (χ1v) is 7.32. The third-order valence-corrected chi connectivity index (χ3v) is 5.24. The van der Waals surface area contributed by atoms with Gasteiger partial charge in [0.05, 0.1) is 22.4 Å². The van der Waals surface area contributed by atoms with Crippen molar-refractivity contribution in [2.75, 3.05) is 0 Å². The number of nitrogens with zero attached hydrogens (tertiary/aromatic N) is 2. The lowest BCUT2D eigenvalue weighted by atomic mass is 10.1. The zero-order chi connectivity index (χ0) is 12.0. The molecule has 0 fully saturated rings. The molecule has 0 saturated heterocycles. The maximum absolute atomic E-state index is 6.34.